The van der Waals surface area contributed by atoms with Crippen LogP contribution in [-0.2, 0) is 0 Å². The standard InChI is InChI=1S/C12H22O/c1-3-5-7-8-9-11-12(13)10-6-4-2/h2,12-13H,3,5-11H2,1H3. The molecule has 76 valence electrons. The second-order valence-corrected chi connectivity index (χ2v) is 3.60. The van der Waals surface area contributed by atoms with Crippen molar-refractivity contribution in [2.75, 3.05) is 0 Å². The van der Waals surface area contributed by atoms with Gasteiger partial charge in [-0.3, -0.25) is 0 Å². The predicted octanol–water partition coefficient (Wildman–Crippen LogP) is 3.12. The van der Waals surface area contributed by atoms with Crippen LogP contribution in [0.4, 0.5) is 0 Å². The van der Waals surface area contributed by atoms with Crippen LogP contribution >= 0.6 is 0 Å². The average molecular weight is 182 g/mol. The Morgan fingerprint density at radius 2 is 1.85 bits per heavy atom. The molecule has 13 heavy (non-hydrogen) atoms. The van der Waals surface area contributed by atoms with E-state index in [0.29, 0.717) is 6.42 Å². The molecule has 0 aliphatic carbocycles. The van der Waals surface area contributed by atoms with Crippen molar-refractivity contribution < 1.29 is 5.11 Å². The lowest BCUT2D eigenvalue weighted by molar-refractivity contribution is 0.152. The van der Waals surface area contributed by atoms with E-state index in [2.05, 4.69) is 12.8 Å². The van der Waals surface area contributed by atoms with Gasteiger partial charge in [0, 0.05) is 6.42 Å². The van der Waals surface area contributed by atoms with Gasteiger partial charge in [0.25, 0.3) is 0 Å². The van der Waals surface area contributed by atoms with E-state index in [0.717, 1.165) is 19.3 Å². The Hall–Kier alpha value is -0.480. The molecule has 0 spiro atoms. The van der Waals surface area contributed by atoms with Crippen LogP contribution in [0, 0.1) is 12.3 Å². The maximum Gasteiger partial charge on any atom is 0.0549 e. The number of rotatable bonds is 8. The minimum Gasteiger partial charge on any atom is -0.393 e. The molecule has 1 unspecified atom stereocenters. The zero-order valence-corrected chi connectivity index (χ0v) is 8.76. The van der Waals surface area contributed by atoms with E-state index >= 15 is 0 Å². The molecule has 0 aromatic heterocycles. The summed E-state index contributed by atoms with van der Waals surface area (Å²) in [6.45, 7) is 2.21. The Morgan fingerprint density at radius 1 is 1.15 bits per heavy atom. The van der Waals surface area contributed by atoms with Gasteiger partial charge in [0.05, 0.1) is 6.10 Å². The van der Waals surface area contributed by atoms with Crippen LogP contribution in [0.1, 0.15) is 58.3 Å². The van der Waals surface area contributed by atoms with Gasteiger partial charge in [-0.25, -0.2) is 0 Å². The third-order valence-corrected chi connectivity index (χ3v) is 2.26. The highest BCUT2D eigenvalue weighted by atomic mass is 16.3. The minimum absolute atomic E-state index is 0.169. The maximum atomic E-state index is 9.44. The number of hydrogen-bond acceptors (Lipinski definition) is 1. The number of unbranched alkanes of at least 4 members (excludes halogenated alkanes) is 4. The zero-order chi connectivity index (χ0) is 9.94. The van der Waals surface area contributed by atoms with E-state index in [1.165, 1.54) is 25.7 Å². The largest absolute Gasteiger partial charge is 0.393 e. The van der Waals surface area contributed by atoms with Crippen molar-refractivity contribution in [3.63, 3.8) is 0 Å². The van der Waals surface area contributed by atoms with Crippen molar-refractivity contribution in [1.29, 1.82) is 0 Å². The third kappa shape index (κ3) is 9.43. The molecule has 0 fully saturated rings. The SMILES string of the molecule is C#CCCC(O)CCCCCCC. The van der Waals surface area contributed by atoms with Crippen molar-refractivity contribution in [3.8, 4) is 12.3 Å². The summed E-state index contributed by atoms with van der Waals surface area (Å²) >= 11 is 0. The van der Waals surface area contributed by atoms with Crippen LogP contribution in [0.15, 0.2) is 0 Å². The summed E-state index contributed by atoms with van der Waals surface area (Å²) < 4.78 is 0. The Labute approximate surface area is 82.5 Å². The molecule has 0 aliphatic rings. The van der Waals surface area contributed by atoms with Gasteiger partial charge in [-0.05, 0) is 12.8 Å². The molecule has 1 nitrogen and oxygen atoms in total. The highest BCUT2D eigenvalue weighted by Gasteiger charge is 2.01. The third-order valence-electron chi connectivity index (χ3n) is 2.26. The fourth-order valence-electron chi connectivity index (χ4n) is 1.38. The normalized spacial score (nSPS) is 12.4. The van der Waals surface area contributed by atoms with Crippen LogP contribution in [0.3, 0.4) is 0 Å². The Bertz CT molecular complexity index is 135. The first kappa shape index (κ1) is 12.5. The maximum absolute atomic E-state index is 9.44. The number of aliphatic hydroxyl groups is 1. The quantitative estimate of drug-likeness (QED) is 0.451. The van der Waals surface area contributed by atoms with E-state index in [1.807, 2.05) is 0 Å². The summed E-state index contributed by atoms with van der Waals surface area (Å²) in [6, 6.07) is 0. The molecule has 1 heteroatoms. The molecule has 1 atom stereocenters. The molecule has 0 aromatic rings. The van der Waals surface area contributed by atoms with Crippen molar-refractivity contribution in [2.45, 2.75) is 64.4 Å². The minimum atomic E-state index is -0.169. The second-order valence-electron chi connectivity index (χ2n) is 3.60. The van der Waals surface area contributed by atoms with E-state index < -0.39 is 0 Å². The number of aliphatic hydroxyl groups excluding tert-OH is 1. The predicted molar refractivity (Wildman–Crippen MR) is 57.4 cm³/mol. The van der Waals surface area contributed by atoms with Crippen LogP contribution in [0.25, 0.3) is 0 Å². The molecule has 0 rings (SSSR count). The van der Waals surface area contributed by atoms with Gasteiger partial charge >= 0.3 is 0 Å². The summed E-state index contributed by atoms with van der Waals surface area (Å²) in [5.74, 6) is 2.55. The van der Waals surface area contributed by atoms with Gasteiger partial charge in [-0.15, -0.1) is 12.3 Å². The van der Waals surface area contributed by atoms with Crippen LogP contribution in [-0.4, -0.2) is 11.2 Å². The average Bonchev–Trinajstić information content (AvgIpc) is 2.14. The van der Waals surface area contributed by atoms with Crippen molar-refractivity contribution in [2.24, 2.45) is 0 Å². The molecule has 0 saturated carbocycles. The summed E-state index contributed by atoms with van der Waals surface area (Å²) in [5.41, 5.74) is 0. The number of terminal acetylenes is 1. The fourth-order valence-corrected chi connectivity index (χ4v) is 1.38. The van der Waals surface area contributed by atoms with Gasteiger partial charge in [0.15, 0.2) is 0 Å². The van der Waals surface area contributed by atoms with E-state index in [4.69, 9.17) is 6.42 Å². The summed E-state index contributed by atoms with van der Waals surface area (Å²) in [6.07, 6.45) is 13.6. The van der Waals surface area contributed by atoms with Crippen LogP contribution < -0.4 is 0 Å². The van der Waals surface area contributed by atoms with E-state index in [-0.39, 0.29) is 6.10 Å². The molecular weight excluding hydrogens is 160 g/mol. The summed E-state index contributed by atoms with van der Waals surface area (Å²) in [7, 11) is 0. The first-order valence-corrected chi connectivity index (χ1v) is 5.42. The van der Waals surface area contributed by atoms with Crippen LogP contribution in [0.5, 0.6) is 0 Å². The highest BCUT2D eigenvalue weighted by molar-refractivity contribution is 4.84. The van der Waals surface area contributed by atoms with E-state index in [9.17, 15) is 5.11 Å². The van der Waals surface area contributed by atoms with Gasteiger partial charge in [-0.1, -0.05) is 39.0 Å². The van der Waals surface area contributed by atoms with E-state index in [1.54, 1.807) is 0 Å². The fraction of sp³-hybridized carbons (Fsp3) is 0.833. The molecule has 0 aromatic carbocycles. The Kier molecular flexibility index (Phi) is 9.25. The lowest BCUT2D eigenvalue weighted by Gasteiger charge is -2.07. The molecule has 0 amide bonds. The lowest BCUT2D eigenvalue weighted by atomic mass is 10.1. The van der Waals surface area contributed by atoms with Gasteiger partial charge in [0.2, 0.25) is 0 Å². The summed E-state index contributed by atoms with van der Waals surface area (Å²) in [5, 5.41) is 9.44. The molecular formula is C12H22O. The second kappa shape index (κ2) is 9.61. The Balaban J connectivity index is 3.08. The summed E-state index contributed by atoms with van der Waals surface area (Å²) in [4.78, 5) is 0. The smallest absolute Gasteiger partial charge is 0.0549 e. The molecule has 0 heterocycles. The molecule has 0 radical (unpaired) electrons. The van der Waals surface area contributed by atoms with Crippen molar-refractivity contribution in [1.82, 2.24) is 0 Å². The van der Waals surface area contributed by atoms with Gasteiger partial charge in [-0.2, -0.15) is 0 Å². The van der Waals surface area contributed by atoms with Crippen molar-refractivity contribution >= 4 is 0 Å². The first-order chi connectivity index (χ1) is 6.31. The molecule has 0 bridgehead atoms. The monoisotopic (exact) mass is 182 g/mol. The van der Waals surface area contributed by atoms with Gasteiger partial charge in [0.1, 0.15) is 0 Å². The number of hydrogen-bond donors (Lipinski definition) is 1. The Morgan fingerprint density at radius 3 is 2.46 bits per heavy atom. The molecule has 1 N–H and O–H groups in total. The lowest BCUT2D eigenvalue weighted by Crippen LogP contribution is -2.05. The molecule has 0 aliphatic heterocycles. The highest BCUT2D eigenvalue weighted by Crippen LogP contribution is 2.09. The topological polar surface area (TPSA) is 20.2 Å². The van der Waals surface area contributed by atoms with Crippen molar-refractivity contribution in [3.05, 3.63) is 0 Å². The molecule has 0 saturated heterocycles. The first-order valence-electron chi connectivity index (χ1n) is 5.42. The van der Waals surface area contributed by atoms with Gasteiger partial charge < -0.3 is 5.11 Å². The van der Waals surface area contributed by atoms with Crippen LogP contribution in [0.2, 0.25) is 0 Å². The zero-order valence-electron chi connectivity index (χ0n) is 8.76.